The summed E-state index contributed by atoms with van der Waals surface area (Å²) in [5.74, 6) is 0. The maximum absolute atomic E-state index is 14.3. The maximum Gasteiger partial charge on any atom is 0.416 e. The second-order valence-electron chi connectivity index (χ2n) is 6.55. The third-order valence-electron chi connectivity index (χ3n) is 3.47. The Kier molecular flexibility index (Phi) is 5.55. The number of amides is 1. The van der Waals surface area contributed by atoms with E-state index in [4.69, 9.17) is 14.6 Å². The predicted molar refractivity (Wildman–Crippen MR) is 84.1 cm³/mol. The maximum atomic E-state index is 14.3. The molecule has 132 valence electrons. The van der Waals surface area contributed by atoms with Crippen LogP contribution < -0.4 is 0 Å². The van der Waals surface area contributed by atoms with E-state index in [0.717, 1.165) is 11.8 Å². The number of halogens is 1. The Labute approximate surface area is 138 Å². The number of thioether (sulfide) groups is 1. The van der Waals surface area contributed by atoms with Crippen molar-refractivity contribution in [1.82, 2.24) is 4.90 Å². The number of aliphatic hydroxyl groups excluding tert-OH is 2. The molecular weight excluding hydrogens is 327 g/mol. The van der Waals surface area contributed by atoms with Crippen LogP contribution >= 0.6 is 11.8 Å². The van der Waals surface area contributed by atoms with E-state index in [9.17, 15) is 14.3 Å². The van der Waals surface area contributed by atoms with E-state index in [-0.39, 0.29) is 18.2 Å². The van der Waals surface area contributed by atoms with Gasteiger partial charge in [-0.2, -0.15) is 0 Å². The lowest BCUT2D eigenvalue weighted by Crippen LogP contribution is -2.52. The molecule has 1 fully saturated rings. The van der Waals surface area contributed by atoms with Crippen LogP contribution in [0.4, 0.5) is 9.18 Å². The molecule has 0 saturated carbocycles. The number of aliphatic imine (C=N–C) groups is 1. The number of carbonyl (C=O) groups excluding carboxylic acids is 1. The first-order valence-electron chi connectivity index (χ1n) is 7.43. The van der Waals surface area contributed by atoms with E-state index in [1.807, 2.05) is 0 Å². The van der Waals surface area contributed by atoms with Gasteiger partial charge in [0.15, 0.2) is 11.3 Å². The number of amidine groups is 1. The smallest absolute Gasteiger partial charge is 0.416 e. The van der Waals surface area contributed by atoms with E-state index >= 15 is 0 Å². The van der Waals surface area contributed by atoms with Crippen molar-refractivity contribution in [1.29, 1.82) is 0 Å². The zero-order valence-corrected chi connectivity index (χ0v) is 14.4. The lowest BCUT2D eigenvalue weighted by atomic mass is 9.98. The summed E-state index contributed by atoms with van der Waals surface area (Å²) in [6, 6.07) is -0.884. The average molecular weight is 350 g/mol. The first-order valence-corrected chi connectivity index (χ1v) is 8.31. The Hall–Kier alpha value is -0.900. The summed E-state index contributed by atoms with van der Waals surface area (Å²) in [5, 5.41) is 19.2. The molecule has 1 amide bonds. The van der Waals surface area contributed by atoms with Crippen LogP contribution in [0.3, 0.4) is 0 Å². The number of nitrogens with zero attached hydrogens (tertiary/aromatic N) is 2. The van der Waals surface area contributed by atoms with Crippen LogP contribution in [0.25, 0.3) is 0 Å². The van der Waals surface area contributed by atoms with Crippen molar-refractivity contribution < 1.29 is 28.9 Å². The number of carbonyl (C=O) groups is 1. The standard InChI is InChI=1S/C14H23FN2O5S/c1-14(2,3)22-13(20)17(4)12-16-9-8(15)10(19)7(5-6-18)21-11(9)23-12/h7-11,18-19H,5-6H2,1-4H3/t7-,8-,9-,10-,11-/m1/s1. The summed E-state index contributed by atoms with van der Waals surface area (Å²) in [6.07, 6.45) is -4.19. The molecule has 0 aromatic carbocycles. The lowest BCUT2D eigenvalue weighted by Gasteiger charge is -2.36. The Morgan fingerprint density at radius 3 is 2.74 bits per heavy atom. The highest BCUT2D eigenvalue weighted by molar-refractivity contribution is 8.14. The van der Waals surface area contributed by atoms with Gasteiger partial charge in [0.1, 0.15) is 23.2 Å². The number of ether oxygens (including phenoxy) is 2. The average Bonchev–Trinajstić information content (AvgIpc) is 2.86. The molecule has 1 saturated heterocycles. The zero-order chi connectivity index (χ0) is 17.4. The molecule has 0 bridgehead atoms. The highest BCUT2D eigenvalue weighted by atomic mass is 32.2. The summed E-state index contributed by atoms with van der Waals surface area (Å²) in [4.78, 5) is 17.4. The molecule has 2 N–H and O–H groups in total. The molecule has 0 aliphatic carbocycles. The molecule has 0 unspecified atom stereocenters. The number of hydrogen-bond donors (Lipinski definition) is 2. The largest absolute Gasteiger partial charge is 0.443 e. The SMILES string of the molecule is CN(C(=O)OC(C)(C)C)C1=N[C@@H]2[C@@H](F)[C@H](O)[C@@H](CCO)O[C@@H]2S1. The van der Waals surface area contributed by atoms with Gasteiger partial charge in [-0.3, -0.25) is 9.89 Å². The minimum absolute atomic E-state index is 0.141. The van der Waals surface area contributed by atoms with Crippen molar-refractivity contribution in [2.45, 2.75) is 62.7 Å². The Balaban J connectivity index is 2.07. The van der Waals surface area contributed by atoms with Crippen molar-refractivity contribution >= 4 is 23.0 Å². The molecular formula is C14H23FN2O5S. The number of hydrogen-bond acceptors (Lipinski definition) is 7. The highest BCUT2D eigenvalue weighted by Crippen LogP contribution is 2.39. The summed E-state index contributed by atoms with van der Waals surface area (Å²) < 4.78 is 25.2. The summed E-state index contributed by atoms with van der Waals surface area (Å²) in [7, 11) is 1.49. The quantitative estimate of drug-likeness (QED) is 0.776. The molecule has 0 radical (unpaired) electrons. The Bertz CT molecular complexity index is 484. The van der Waals surface area contributed by atoms with Crippen LogP contribution in [0.5, 0.6) is 0 Å². The van der Waals surface area contributed by atoms with Crippen LogP contribution in [0.1, 0.15) is 27.2 Å². The van der Waals surface area contributed by atoms with E-state index in [1.54, 1.807) is 20.8 Å². The molecule has 5 atom stereocenters. The second kappa shape index (κ2) is 6.92. The summed E-state index contributed by atoms with van der Waals surface area (Å²) in [5.41, 5.74) is -1.28. The van der Waals surface area contributed by atoms with Crippen LogP contribution in [-0.4, -0.2) is 75.5 Å². The van der Waals surface area contributed by atoms with Gasteiger partial charge in [-0.1, -0.05) is 11.8 Å². The van der Waals surface area contributed by atoms with E-state index in [2.05, 4.69) is 4.99 Å². The third-order valence-corrected chi connectivity index (χ3v) is 4.68. The molecule has 2 heterocycles. The monoisotopic (exact) mass is 350 g/mol. The van der Waals surface area contributed by atoms with Gasteiger partial charge in [-0.05, 0) is 27.2 Å². The minimum atomic E-state index is -1.61. The van der Waals surface area contributed by atoms with Crippen molar-refractivity contribution in [3.05, 3.63) is 0 Å². The van der Waals surface area contributed by atoms with Crippen molar-refractivity contribution in [2.24, 2.45) is 4.99 Å². The van der Waals surface area contributed by atoms with E-state index in [1.165, 1.54) is 11.9 Å². The first kappa shape index (κ1) is 18.4. The Morgan fingerprint density at radius 1 is 1.52 bits per heavy atom. The van der Waals surface area contributed by atoms with Gasteiger partial charge >= 0.3 is 6.09 Å². The van der Waals surface area contributed by atoms with Crippen LogP contribution in [0.2, 0.25) is 0 Å². The van der Waals surface area contributed by atoms with Crippen LogP contribution in [0, 0.1) is 0 Å². The fourth-order valence-electron chi connectivity index (χ4n) is 2.32. The fourth-order valence-corrected chi connectivity index (χ4v) is 3.49. The normalized spacial score (nSPS) is 33.9. The lowest BCUT2D eigenvalue weighted by molar-refractivity contribution is -0.136. The summed E-state index contributed by atoms with van der Waals surface area (Å²) >= 11 is 1.11. The molecule has 2 aliphatic rings. The van der Waals surface area contributed by atoms with Gasteiger partial charge in [-0.15, -0.1) is 0 Å². The molecule has 0 aromatic rings. The van der Waals surface area contributed by atoms with Gasteiger partial charge in [0, 0.05) is 13.7 Å². The Morgan fingerprint density at radius 2 is 2.17 bits per heavy atom. The molecule has 0 aromatic heterocycles. The number of fused-ring (bicyclic) bond motifs is 1. The van der Waals surface area contributed by atoms with Crippen molar-refractivity contribution in [3.63, 3.8) is 0 Å². The van der Waals surface area contributed by atoms with Crippen LogP contribution in [0.15, 0.2) is 4.99 Å². The minimum Gasteiger partial charge on any atom is -0.443 e. The first-order chi connectivity index (χ1) is 10.6. The summed E-state index contributed by atoms with van der Waals surface area (Å²) in [6.45, 7) is 5.04. The van der Waals surface area contributed by atoms with E-state index < -0.39 is 41.6 Å². The third kappa shape index (κ3) is 4.14. The molecule has 2 rings (SSSR count). The predicted octanol–water partition coefficient (Wildman–Crippen LogP) is 1.13. The molecule has 23 heavy (non-hydrogen) atoms. The highest BCUT2D eigenvalue weighted by Gasteiger charge is 2.50. The second-order valence-corrected chi connectivity index (χ2v) is 7.62. The molecule has 0 spiro atoms. The van der Waals surface area contributed by atoms with Gasteiger partial charge in [-0.25, -0.2) is 9.18 Å². The van der Waals surface area contributed by atoms with Gasteiger partial charge in [0.05, 0.1) is 6.10 Å². The molecule has 2 aliphatic heterocycles. The van der Waals surface area contributed by atoms with E-state index in [0.29, 0.717) is 0 Å². The molecule has 7 nitrogen and oxygen atoms in total. The number of rotatable bonds is 2. The van der Waals surface area contributed by atoms with Gasteiger partial charge in [0.2, 0.25) is 0 Å². The molecule has 9 heteroatoms. The fraction of sp³-hybridized carbons (Fsp3) is 0.857. The number of aliphatic hydroxyl groups is 2. The zero-order valence-electron chi connectivity index (χ0n) is 13.6. The van der Waals surface area contributed by atoms with Gasteiger partial charge in [0.25, 0.3) is 0 Å². The topological polar surface area (TPSA) is 91.6 Å². The number of alkyl halides is 1. The van der Waals surface area contributed by atoms with Crippen molar-refractivity contribution in [3.8, 4) is 0 Å². The van der Waals surface area contributed by atoms with Crippen LogP contribution in [-0.2, 0) is 9.47 Å². The van der Waals surface area contributed by atoms with Crippen molar-refractivity contribution in [2.75, 3.05) is 13.7 Å². The van der Waals surface area contributed by atoms with Gasteiger partial charge < -0.3 is 19.7 Å².